The maximum absolute atomic E-state index is 13.5. The molecule has 0 radical (unpaired) electrons. The number of primary amides is 1. The molecule has 2 rings (SSSR count). The van der Waals surface area contributed by atoms with Crippen LogP contribution < -0.4 is 11.1 Å². The number of nitrogens with one attached hydrogen (secondary N) is 1. The van der Waals surface area contributed by atoms with E-state index in [4.69, 9.17) is 5.73 Å². The summed E-state index contributed by atoms with van der Waals surface area (Å²) in [6.07, 6.45) is 0. The number of halogens is 2. The van der Waals surface area contributed by atoms with E-state index in [1.165, 1.54) is 24.3 Å². The van der Waals surface area contributed by atoms with Crippen LogP contribution in [0.15, 0.2) is 36.4 Å². The van der Waals surface area contributed by atoms with E-state index in [1.54, 1.807) is 19.1 Å². The Balaban J connectivity index is 2.25. The third kappa shape index (κ3) is 3.57. The zero-order valence-electron chi connectivity index (χ0n) is 11.1. The number of nitrogens with two attached hydrogens (primary N) is 1. The van der Waals surface area contributed by atoms with Crippen LogP contribution in [-0.4, -0.2) is 11.8 Å². The molecule has 0 aliphatic heterocycles. The van der Waals surface area contributed by atoms with Gasteiger partial charge in [-0.2, -0.15) is 0 Å². The number of benzene rings is 2. The van der Waals surface area contributed by atoms with E-state index < -0.39 is 17.6 Å². The molecule has 2 aromatic carbocycles. The average Bonchev–Trinajstić information content (AvgIpc) is 2.43. The van der Waals surface area contributed by atoms with E-state index in [0.717, 1.165) is 5.56 Å². The first-order valence-corrected chi connectivity index (χ1v) is 7.13. The fraction of sp³-hybridized carbons (Fsp3) is 0.0667. The van der Waals surface area contributed by atoms with E-state index in [-0.39, 0.29) is 5.56 Å². The Morgan fingerprint density at radius 2 is 1.90 bits per heavy atom. The zero-order chi connectivity index (χ0) is 15.6. The molecule has 0 aliphatic rings. The van der Waals surface area contributed by atoms with Gasteiger partial charge in [-0.25, -0.2) is 4.39 Å². The summed E-state index contributed by atoms with van der Waals surface area (Å²) in [5, 5.41) is 2.61. The first-order chi connectivity index (χ1) is 9.88. The van der Waals surface area contributed by atoms with Crippen molar-refractivity contribution in [2.24, 2.45) is 5.73 Å². The molecule has 108 valence electrons. The Morgan fingerprint density at radius 3 is 2.52 bits per heavy atom. The van der Waals surface area contributed by atoms with Gasteiger partial charge in [0.05, 0.1) is 0 Å². The monoisotopic (exact) mass is 398 g/mol. The Labute approximate surface area is 134 Å². The number of hydrogen-bond donors (Lipinski definition) is 2. The van der Waals surface area contributed by atoms with Crippen LogP contribution in [0.3, 0.4) is 0 Å². The fourth-order valence-corrected chi connectivity index (χ4v) is 2.14. The van der Waals surface area contributed by atoms with Crippen LogP contribution in [-0.2, 0) is 0 Å². The van der Waals surface area contributed by atoms with Crippen molar-refractivity contribution < 1.29 is 14.0 Å². The second-order valence-corrected chi connectivity index (χ2v) is 5.64. The molecule has 0 spiro atoms. The summed E-state index contributed by atoms with van der Waals surface area (Å²) in [7, 11) is 0. The van der Waals surface area contributed by atoms with Crippen LogP contribution >= 0.6 is 22.6 Å². The molecule has 2 aromatic rings. The maximum atomic E-state index is 13.5. The van der Waals surface area contributed by atoms with Gasteiger partial charge in [0.1, 0.15) is 5.82 Å². The highest BCUT2D eigenvalue weighted by Gasteiger charge is 2.11. The molecule has 0 aromatic heterocycles. The van der Waals surface area contributed by atoms with Crippen LogP contribution in [0, 0.1) is 16.3 Å². The molecule has 6 heteroatoms. The lowest BCUT2D eigenvalue weighted by Crippen LogP contribution is -2.15. The maximum Gasteiger partial charge on any atom is 0.255 e. The Morgan fingerprint density at radius 1 is 1.19 bits per heavy atom. The minimum absolute atomic E-state index is 0.203. The lowest BCUT2D eigenvalue weighted by Gasteiger charge is -2.08. The number of rotatable bonds is 3. The fourth-order valence-electron chi connectivity index (χ4n) is 1.81. The molecule has 0 bridgehead atoms. The number of aryl methyl sites for hydroxylation is 1. The highest BCUT2D eigenvalue weighted by atomic mass is 127. The summed E-state index contributed by atoms with van der Waals surface area (Å²) in [5.41, 5.74) is 6.95. The van der Waals surface area contributed by atoms with E-state index >= 15 is 0 Å². The van der Waals surface area contributed by atoms with Crippen molar-refractivity contribution in [3.63, 3.8) is 0 Å². The largest absolute Gasteiger partial charge is 0.366 e. The zero-order valence-corrected chi connectivity index (χ0v) is 13.3. The number of amides is 2. The summed E-state index contributed by atoms with van der Waals surface area (Å²) in [6.45, 7) is 1.75. The number of carbonyl (C=O) groups is 2. The predicted molar refractivity (Wildman–Crippen MR) is 86.8 cm³/mol. The average molecular weight is 398 g/mol. The van der Waals surface area contributed by atoms with Gasteiger partial charge in [0, 0.05) is 20.4 Å². The van der Waals surface area contributed by atoms with E-state index in [1.807, 2.05) is 22.6 Å². The SMILES string of the molecule is Cc1ccc(NC(=O)c2ccc(I)c(F)c2)cc1C(N)=O. The minimum Gasteiger partial charge on any atom is -0.366 e. The van der Waals surface area contributed by atoms with Gasteiger partial charge in [0.15, 0.2) is 0 Å². The second kappa shape index (κ2) is 6.21. The number of anilines is 1. The predicted octanol–water partition coefficient (Wildman–Crippen LogP) is 3.09. The summed E-state index contributed by atoms with van der Waals surface area (Å²) in [5.74, 6) is -1.47. The molecule has 0 fully saturated rings. The Kier molecular flexibility index (Phi) is 4.56. The molecule has 0 atom stereocenters. The van der Waals surface area contributed by atoms with Crippen LogP contribution in [0.25, 0.3) is 0 Å². The number of hydrogen-bond acceptors (Lipinski definition) is 2. The highest BCUT2D eigenvalue weighted by molar-refractivity contribution is 14.1. The topological polar surface area (TPSA) is 72.2 Å². The third-order valence-corrected chi connectivity index (χ3v) is 3.82. The summed E-state index contributed by atoms with van der Waals surface area (Å²) in [6, 6.07) is 9.06. The van der Waals surface area contributed by atoms with E-state index in [2.05, 4.69) is 5.32 Å². The van der Waals surface area contributed by atoms with Crippen molar-refractivity contribution in [2.45, 2.75) is 6.92 Å². The first-order valence-electron chi connectivity index (χ1n) is 6.05. The van der Waals surface area contributed by atoms with Crippen LogP contribution in [0.5, 0.6) is 0 Å². The Bertz CT molecular complexity index is 732. The van der Waals surface area contributed by atoms with Gasteiger partial charge in [0.25, 0.3) is 5.91 Å². The summed E-state index contributed by atoms with van der Waals surface area (Å²) >= 11 is 1.85. The van der Waals surface area contributed by atoms with Gasteiger partial charge in [-0.1, -0.05) is 6.07 Å². The quantitative estimate of drug-likeness (QED) is 0.781. The third-order valence-electron chi connectivity index (χ3n) is 2.94. The van der Waals surface area contributed by atoms with Crippen molar-refractivity contribution in [3.8, 4) is 0 Å². The molecule has 0 saturated carbocycles. The molecule has 0 heterocycles. The van der Waals surface area contributed by atoms with Crippen molar-refractivity contribution >= 4 is 40.1 Å². The van der Waals surface area contributed by atoms with Gasteiger partial charge in [-0.15, -0.1) is 0 Å². The van der Waals surface area contributed by atoms with Crippen LogP contribution in [0.1, 0.15) is 26.3 Å². The first kappa shape index (κ1) is 15.4. The van der Waals surface area contributed by atoms with Gasteiger partial charge in [0.2, 0.25) is 5.91 Å². The van der Waals surface area contributed by atoms with Crippen molar-refractivity contribution in [1.82, 2.24) is 0 Å². The molecule has 21 heavy (non-hydrogen) atoms. The number of carbonyl (C=O) groups excluding carboxylic acids is 2. The molecule has 2 amide bonds. The van der Waals surface area contributed by atoms with Gasteiger partial charge < -0.3 is 11.1 Å². The van der Waals surface area contributed by atoms with Crippen molar-refractivity contribution in [3.05, 3.63) is 62.5 Å². The molecule has 3 N–H and O–H groups in total. The molecular weight excluding hydrogens is 386 g/mol. The lowest BCUT2D eigenvalue weighted by atomic mass is 10.1. The minimum atomic E-state index is -0.566. The van der Waals surface area contributed by atoms with E-state index in [9.17, 15) is 14.0 Å². The standard InChI is InChI=1S/C15H12FIN2O2/c1-8-2-4-10(7-11(8)14(18)20)19-15(21)9-3-5-13(17)12(16)6-9/h2-7H,1H3,(H2,18,20)(H,19,21). The van der Waals surface area contributed by atoms with Crippen LogP contribution in [0.2, 0.25) is 0 Å². The highest BCUT2D eigenvalue weighted by Crippen LogP contribution is 2.17. The van der Waals surface area contributed by atoms with Crippen LogP contribution in [0.4, 0.5) is 10.1 Å². The molecule has 0 unspecified atom stereocenters. The van der Waals surface area contributed by atoms with Gasteiger partial charge in [-0.3, -0.25) is 9.59 Å². The molecule has 4 nitrogen and oxygen atoms in total. The summed E-state index contributed by atoms with van der Waals surface area (Å²) in [4.78, 5) is 23.3. The molecule has 0 saturated heterocycles. The van der Waals surface area contributed by atoms with Crippen molar-refractivity contribution in [2.75, 3.05) is 5.32 Å². The lowest BCUT2D eigenvalue weighted by molar-refractivity contribution is 0.0995. The summed E-state index contributed by atoms with van der Waals surface area (Å²) < 4.78 is 13.9. The smallest absolute Gasteiger partial charge is 0.255 e. The van der Waals surface area contributed by atoms with Crippen molar-refractivity contribution in [1.29, 1.82) is 0 Å². The molecular formula is C15H12FIN2O2. The normalized spacial score (nSPS) is 10.2. The van der Waals surface area contributed by atoms with Gasteiger partial charge in [-0.05, 0) is 65.4 Å². The van der Waals surface area contributed by atoms with E-state index in [0.29, 0.717) is 14.8 Å². The Hall–Kier alpha value is -1.96. The van der Waals surface area contributed by atoms with Gasteiger partial charge >= 0.3 is 0 Å². The second-order valence-electron chi connectivity index (χ2n) is 4.48. The molecule has 0 aliphatic carbocycles.